The number of ether oxygens (including phenoxy) is 1. The Labute approximate surface area is 132 Å². The normalized spacial score (nSPS) is 10.6. The summed E-state index contributed by atoms with van der Waals surface area (Å²) in [7, 11) is 0. The molecule has 3 aromatic carbocycles. The second-order valence-corrected chi connectivity index (χ2v) is 5.40. The van der Waals surface area contributed by atoms with Crippen LogP contribution in [0.25, 0.3) is 10.8 Å². The number of ketones is 1. The van der Waals surface area contributed by atoms with Crippen LogP contribution in [-0.4, -0.2) is 10.9 Å². The molecular weight excluding hydrogens is 300 g/mol. The molecule has 3 rings (SSSR count). The van der Waals surface area contributed by atoms with Crippen molar-refractivity contribution in [3.8, 4) is 17.2 Å². The first kappa shape index (κ1) is 14.4. The van der Waals surface area contributed by atoms with Crippen LogP contribution in [0.4, 0.5) is 0 Å². The molecule has 0 saturated carbocycles. The SMILES string of the molecule is CC(=O)c1ccc2cc(Oc3ccc(O)cc3Cl)ccc2c1. The van der Waals surface area contributed by atoms with Crippen molar-refractivity contribution in [2.24, 2.45) is 0 Å². The van der Waals surface area contributed by atoms with Gasteiger partial charge in [-0.1, -0.05) is 29.8 Å². The van der Waals surface area contributed by atoms with E-state index >= 15 is 0 Å². The average Bonchev–Trinajstić information content (AvgIpc) is 2.49. The van der Waals surface area contributed by atoms with Crippen molar-refractivity contribution in [1.82, 2.24) is 0 Å². The number of hydrogen-bond donors (Lipinski definition) is 1. The Hall–Kier alpha value is -2.52. The number of carbonyl (C=O) groups is 1. The van der Waals surface area contributed by atoms with Gasteiger partial charge in [-0.3, -0.25) is 4.79 Å². The molecule has 0 aliphatic heterocycles. The lowest BCUT2D eigenvalue weighted by Crippen LogP contribution is -1.91. The van der Waals surface area contributed by atoms with Crippen molar-refractivity contribution in [1.29, 1.82) is 0 Å². The molecule has 0 atom stereocenters. The smallest absolute Gasteiger partial charge is 0.159 e. The third-order valence-corrected chi connectivity index (χ3v) is 3.66. The molecule has 3 nitrogen and oxygen atoms in total. The zero-order valence-electron chi connectivity index (χ0n) is 11.8. The lowest BCUT2D eigenvalue weighted by Gasteiger charge is -2.09. The summed E-state index contributed by atoms with van der Waals surface area (Å²) in [4.78, 5) is 11.4. The van der Waals surface area contributed by atoms with E-state index in [1.54, 1.807) is 19.1 Å². The van der Waals surface area contributed by atoms with Crippen molar-refractivity contribution < 1.29 is 14.6 Å². The molecule has 0 amide bonds. The molecule has 0 spiro atoms. The quantitative estimate of drug-likeness (QED) is 0.677. The Kier molecular flexibility index (Phi) is 3.73. The molecule has 22 heavy (non-hydrogen) atoms. The molecule has 0 saturated heterocycles. The van der Waals surface area contributed by atoms with Gasteiger partial charge < -0.3 is 9.84 Å². The molecule has 0 fully saturated rings. The summed E-state index contributed by atoms with van der Waals surface area (Å²) < 4.78 is 5.74. The Bertz CT molecular complexity index is 871. The number of aromatic hydroxyl groups is 1. The van der Waals surface area contributed by atoms with Crippen molar-refractivity contribution in [2.75, 3.05) is 0 Å². The molecule has 0 aromatic heterocycles. The minimum atomic E-state index is 0.0399. The molecule has 1 N–H and O–H groups in total. The molecule has 0 radical (unpaired) electrons. The van der Waals surface area contributed by atoms with E-state index in [2.05, 4.69) is 0 Å². The minimum absolute atomic E-state index is 0.0399. The molecule has 4 heteroatoms. The lowest BCUT2D eigenvalue weighted by atomic mass is 10.0. The second kappa shape index (κ2) is 5.70. The number of phenolic OH excluding ortho intramolecular Hbond substituents is 1. The summed E-state index contributed by atoms with van der Waals surface area (Å²) in [6.07, 6.45) is 0. The highest BCUT2D eigenvalue weighted by Gasteiger charge is 2.06. The van der Waals surface area contributed by atoms with Crippen LogP contribution in [0.3, 0.4) is 0 Å². The number of Topliss-reactive ketones (excluding diaryl/α,β-unsaturated/α-hetero) is 1. The molecule has 0 bridgehead atoms. The van der Waals surface area contributed by atoms with Gasteiger partial charge in [0, 0.05) is 11.6 Å². The van der Waals surface area contributed by atoms with E-state index in [0.717, 1.165) is 10.8 Å². The van der Waals surface area contributed by atoms with Crippen LogP contribution < -0.4 is 4.74 Å². The molecule has 0 unspecified atom stereocenters. The van der Waals surface area contributed by atoms with Crippen LogP contribution in [0.1, 0.15) is 17.3 Å². The molecular formula is C18H13ClO3. The van der Waals surface area contributed by atoms with Crippen molar-refractivity contribution in [2.45, 2.75) is 6.92 Å². The van der Waals surface area contributed by atoms with E-state index in [1.807, 2.05) is 30.3 Å². The molecule has 3 aromatic rings. The van der Waals surface area contributed by atoms with E-state index in [0.29, 0.717) is 22.1 Å². The highest BCUT2D eigenvalue weighted by atomic mass is 35.5. The van der Waals surface area contributed by atoms with E-state index < -0.39 is 0 Å². The van der Waals surface area contributed by atoms with Gasteiger partial charge in [-0.15, -0.1) is 0 Å². The third-order valence-electron chi connectivity index (χ3n) is 3.36. The Morgan fingerprint density at radius 2 is 1.73 bits per heavy atom. The minimum Gasteiger partial charge on any atom is -0.508 e. The first-order valence-electron chi connectivity index (χ1n) is 6.74. The van der Waals surface area contributed by atoms with Crippen LogP contribution >= 0.6 is 11.6 Å². The fraction of sp³-hybridized carbons (Fsp3) is 0.0556. The topological polar surface area (TPSA) is 46.5 Å². The summed E-state index contributed by atoms with van der Waals surface area (Å²) in [5.41, 5.74) is 0.683. The van der Waals surface area contributed by atoms with Crippen LogP contribution in [0.15, 0.2) is 54.6 Å². The first-order valence-corrected chi connectivity index (χ1v) is 7.12. The zero-order chi connectivity index (χ0) is 15.7. The maximum absolute atomic E-state index is 11.4. The van der Waals surface area contributed by atoms with Gasteiger partial charge in [-0.2, -0.15) is 0 Å². The number of halogens is 1. The fourth-order valence-electron chi connectivity index (χ4n) is 2.21. The highest BCUT2D eigenvalue weighted by molar-refractivity contribution is 6.32. The Balaban J connectivity index is 1.95. The second-order valence-electron chi connectivity index (χ2n) is 5.00. The highest BCUT2D eigenvalue weighted by Crippen LogP contribution is 2.33. The Morgan fingerprint density at radius 3 is 2.45 bits per heavy atom. The standard InChI is InChI=1S/C18H13ClO3/c1-11(20)12-2-3-14-9-16(6-4-13(14)8-12)22-18-7-5-15(21)10-17(18)19/h2-10,21H,1H3. The van der Waals surface area contributed by atoms with Gasteiger partial charge in [0.1, 0.15) is 17.2 Å². The van der Waals surface area contributed by atoms with Crippen LogP contribution in [-0.2, 0) is 0 Å². The van der Waals surface area contributed by atoms with Gasteiger partial charge in [-0.25, -0.2) is 0 Å². The number of benzene rings is 3. The van der Waals surface area contributed by atoms with Gasteiger partial charge >= 0.3 is 0 Å². The van der Waals surface area contributed by atoms with Crippen molar-refractivity contribution in [3.05, 3.63) is 65.2 Å². The zero-order valence-corrected chi connectivity index (χ0v) is 12.6. The van der Waals surface area contributed by atoms with E-state index in [1.165, 1.54) is 12.1 Å². The van der Waals surface area contributed by atoms with Crippen LogP contribution in [0.2, 0.25) is 5.02 Å². The van der Waals surface area contributed by atoms with Crippen molar-refractivity contribution in [3.63, 3.8) is 0 Å². The maximum Gasteiger partial charge on any atom is 0.159 e. The predicted octanol–water partition coefficient (Wildman–Crippen LogP) is 5.19. The van der Waals surface area contributed by atoms with Gasteiger partial charge in [-0.05, 0) is 48.0 Å². The number of carbonyl (C=O) groups excluding carboxylic acids is 1. The molecule has 110 valence electrons. The van der Waals surface area contributed by atoms with Crippen LogP contribution in [0, 0.1) is 0 Å². The van der Waals surface area contributed by atoms with Gasteiger partial charge in [0.2, 0.25) is 0 Å². The summed E-state index contributed by atoms with van der Waals surface area (Å²) in [5, 5.41) is 11.6. The van der Waals surface area contributed by atoms with E-state index in [9.17, 15) is 9.90 Å². The largest absolute Gasteiger partial charge is 0.508 e. The van der Waals surface area contributed by atoms with Crippen molar-refractivity contribution >= 4 is 28.2 Å². The molecule has 0 heterocycles. The van der Waals surface area contributed by atoms with Gasteiger partial charge in [0.15, 0.2) is 5.78 Å². The third kappa shape index (κ3) is 2.90. The molecule has 0 aliphatic carbocycles. The predicted molar refractivity (Wildman–Crippen MR) is 87.1 cm³/mol. The summed E-state index contributed by atoms with van der Waals surface area (Å²) >= 11 is 6.03. The first-order chi connectivity index (χ1) is 10.5. The average molecular weight is 313 g/mol. The lowest BCUT2D eigenvalue weighted by molar-refractivity contribution is 0.101. The fourth-order valence-corrected chi connectivity index (χ4v) is 2.42. The van der Waals surface area contributed by atoms with E-state index in [-0.39, 0.29) is 11.5 Å². The number of rotatable bonds is 3. The van der Waals surface area contributed by atoms with Gasteiger partial charge in [0.25, 0.3) is 0 Å². The number of fused-ring (bicyclic) bond motifs is 1. The molecule has 0 aliphatic rings. The summed E-state index contributed by atoms with van der Waals surface area (Å²) in [6.45, 7) is 1.55. The number of phenols is 1. The number of hydrogen-bond acceptors (Lipinski definition) is 3. The van der Waals surface area contributed by atoms with Crippen LogP contribution in [0.5, 0.6) is 17.2 Å². The van der Waals surface area contributed by atoms with Gasteiger partial charge in [0.05, 0.1) is 5.02 Å². The Morgan fingerprint density at radius 1 is 1.00 bits per heavy atom. The maximum atomic E-state index is 11.4. The summed E-state index contributed by atoms with van der Waals surface area (Å²) in [6, 6.07) is 15.7. The monoisotopic (exact) mass is 312 g/mol. The summed E-state index contributed by atoms with van der Waals surface area (Å²) in [5.74, 6) is 1.24. The van der Waals surface area contributed by atoms with E-state index in [4.69, 9.17) is 16.3 Å².